The molecule has 0 unspecified atom stereocenters. The van der Waals surface area contributed by atoms with Crippen LogP contribution in [-0.4, -0.2) is 35.8 Å². The number of ether oxygens (including phenoxy) is 2. The zero-order chi connectivity index (χ0) is 24.9. The van der Waals surface area contributed by atoms with Gasteiger partial charge in [0.05, 0.1) is 0 Å². The smallest absolute Gasteiger partial charge is 0.408 e. The van der Waals surface area contributed by atoms with Crippen LogP contribution in [0.3, 0.4) is 0 Å². The molecule has 3 rings (SSSR count). The van der Waals surface area contributed by atoms with Crippen molar-refractivity contribution in [2.45, 2.75) is 25.6 Å². The molecule has 0 aromatic heterocycles. The third-order valence-corrected chi connectivity index (χ3v) is 4.99. The van der Waals surface area contributed by atoms with Crippen molar-refractivity contribution >= 4 is 17.9 Å². The molecule has 9 heteroatoms. The molecule has 3 amide bonds. The molecule has 0 aliphatic rings. The first-order valence-corrected chi connectivity index (χ1v) is 11.0. The van der Waals surface area contributed by atoms with Gasteiger partial charge in [-0.3, -0.25) is 14.8 Å². The highest BCUT2D eigenvalue weighted by atomic mass is 16.5. The minimum atomic E-state index is -0.881. The number of carbonyl (C=O) groups is 3. The fourth-order valence-electron chi connectivity index (χ4n) is 3.16. The van der Waals surface area contributed by atoms with E-state index >= 15 is 0 Å². The van der Waals surface area contributed by atoms with Crippen molar-refractivity contribution in [3.8, 4) is 5.75 Å². The Labute approximate surface area is 203 Å². The van der Waals surface area contributed by atoms with Crippen LogP contribution in [0.15, 0.2) is 84.9 Å². The van der Waals surface area contributed by atoms with Crippen molar-refractivity contribution in [3.05, 3.63) is 102 Å². The van der Waals surface area contributed by atoms with Gasteiger partial charge in [0.25, 0.3) is 5.91 Å². The van der Waals surface area contributed by atoms with Crippen LogP contribution in [0.25, 0.3) is 0 Å². The Kier molecular flexibility index (Phi) is 9.64. The Bertz CT molecular complexity index is 1090. The van der Waals surface area contributed by atoms with Gasteiger partial charge in [-0.25, -0.2) is 10.3 Å². The van der Waals surface area contributed by atoms with Gasteiger partial charge in [-0.15, -0.1) is 0 Å². The SMILES string of the molecule is O=C(COc1ccc(C[C@H](NC(=O)OCc2ccccc2)C(=O)NCc2ccccc2)cc1)NO. The molecule has 0 saturated heterocycles. The van der Waals surface area contributed by atoms with Crippen LogP contribution in [0, 0.1) is 0 Å². The molecular weight excluding hydrogens is 450 g/mol. The molecule has 0 radical (unpaired) electrons. The lowest BCUT2D eigenvalue weighted by Crippen LogP contribution is -2.48. The molecule has 3 aromatic carbocycles. The minimum Gasteiger partial charge on any atom is -0.484 e. The van der Waals surface area contributed by atoms with Crippen molar-refractivity contribution in [1.82, 2.24) is 16.1 Å². The Hall–Kier alpha value is -4.37. The van der Waals surface area contributed by atoms with E-state index in [0.29, 0.717) is 12.3 Å². The highest BCUT2D eigenvalue weighted by Crippen LogP contribution is 2.14. The molecular formula is C26H27N3O6. The topological polar surface area (TPSA) is 126 Å². The summed E-state index contributed by atoms with van der Waals surface area (Å²) in [6.45, 7) is 0.0598. The van der Waals surface area contributed by atoms with Gasteiger partial charge in [0.2, 0.25) is 5.91 Å². The maximum atomic E-state index is 12.9. The second-order valence-electron chi connectivity index (χ2n) is 7.63. The van der Waals surface area contributed by atoms with Crippen molar-refractivity contribution in [3.63, 3.8) is 0 Å². The first-order valence-electron chi connectivity index (χ1n) is 11.0. The van der Waals surface area contributed by atoms with Crippen LogP contribution in [0.4, 0.5) is 4.79 Å². The van der Waals surface area contributed by atoms with Crippen LogP contribution in [0.2, 0.25) is 0 Å². The number of rotatable bonds is 11. The monoisotopic (exact) mass is 477 g/mol. The van der Waals surface area contributed by atoms with E-state index in [0.717, 1.165) is 16.7 Å². The summed E-state index contributed by atoms with van der Waals surface area (Å²) in [5, 5.41) is 14.0. The Morgan fingerprint density at radius 1 is 0.800 bits per heavy atom. The molecule has 0 fully saturated rings. The van der Waals surface area contributed by atoms with Crippen molar-refractivity contribution in [1.29, 1.82) is 0 Å². The fraction of sp³-hybridized carbons (Fsp3) is 0.192. The summed E-state index contributed by atoms with van der Waals surface area (Å²) in [7, 11) is 0. The van der Waals surface area contributed by atoms with E-state index < -0.39 is 18.0 Å². The maximum Gasteiger partial charge on any atom is 0.408 e. The number of amides is 3. The van der Waals surface area contributed by atoms with E-state index in [1.165, 1.54) is 5.48 Å². The first kappa shape index (κ1) is 25.3. The normalized spacial score (nSPS) is 11.1. The quantitative estimate of drug-likeness (QED) is 0.249. The van der Waals surface area contributed by atoms with E-state index in [1.54, 1.807) is 24.3 Å². The Balaban J connectivity index is 1.62. The minimum absolute atomic E-state index is 0.0818. The largest absolute Gasteiger partial charge is 0.484 e. The van der Waals surface area contributed by atoms with Crippen LogP contribution < -0.4 is 20.9 Å². The molecule has 35 heavy (non-hydrogen) atoms. The molecule has 0 spiro atoms. The van der Waals surface area contributed by atoms with Crippen molar-refractivity contribution in [2.24, 2.45) is 0 Å². The van der Waals surface area contributed by atoms with Gasteiger partial charge in [-0.1, -0.05) is 72.8 Å². The van der Waals surface area contributed by atoms with Gasteiger partial charge in [0.15, 0.2) is 6.61 Å². The van der Waals surface area contributed by atoms with Crippen LogP contribution in [0.1, 0.15) is 16.7 Å². The fourth-order valence-corrected chi connectivity index (χ4v) is 3.16. The summed E-state index contributed by atoms with van der Waals surface area (Å²) < 4.78 is 10.5. The van der Waals surface area contributed by atoms with Gasteiger partial charge < -0.3 is 20.1 Å². The molecule has 0 bridgehead atoms. The van der Waals surface area contributed by atoms with Gasteiger partial charge in [0, 0.05) is 13.0 Å². The summed E-state index contributed by atoms with van der Waals surface area (Å²) in [5.74, 6) is -0.620. The number of hydrogen-bond acceptors (Lipinski definition) is 6. The van der Waals surface area contributed by atoms with E-state index in [4.69, 9.17) is 14.7 Å². The third kappa shape index (κ3) is 8.82. The predicted molar refractivity (Wildman–Crippen MR) is 127 cm³/mol. The Morgan fingerprint density at radius 2 is 1.43 bits per heavy atom. The maximum absolute atomic E-state index is 12.9. The summed E-state index contributed by atoms with van der Waals surface area (Å²) in [6.07, 6.45) is -0.498. The van der Waals surface area contributed by atoms with Gasteiger partial charge in [-0.2, -0.15) is 0 Å². The standard InChI is InChI=1S/C26H27N3O6/c30-24(29-33)18-34-22-13-11-19(12-14-22)15-23(25(31)27-16-20-7-3-1-4-8-20)28-26(32)35-17-21-9-5-2-6-10-21/h1-14,23,33H,15-18H2,(H,27,31)(H,28,32)(H,29,30)/t23-/m0/s1. The number of alkyl carbamates (subject to hydrolysis) is 1. The summed E-state index contributed by atoms with van der Waals surface area (Å²) in [6, 6.07) is 24.5. The Morgan fingerprint density at radius 3 is 2.06 bits per heavy atom. The number of hydrogen-bond donors (Lipinski definition) is 4. The van der Waals surface area contributed by atoms with E-state index in [9.17, 15) is 14.4 Å². The number of benzene rings is 3. The van der Waals surface area contributed by atoms with Crippen LogP contribution >= 0.6 is 0 Å². The lowest BCUT2D eigenvalue weighted by atomic mass is 10.0. The second kappa shape index (κ2) is 13.4. The highest BCUT2D eigenvalue weighted by Gasteiger charge is 2.22. The van der Waals surface area contributed by atoms with E-state index in [2.05, 4.69) is 10.6 Å². The van der Waals surface area contributed by atoms with Gasteiger partial charge in [-0.05, 0) is 28.8 Å². The average molecular weight is 478 g/mol. The first-order chi connectivity index (χ1) is 17.0. The predicted octanol–water partition coefficient (Wildman–Crippen LogP) is 2.72. The number of carbonyl (C=O) groups excluding carboxylic acids is 3. The summed E-state index contributed by atoms with van der Waals surface area (Å²) in [4.78, 5) is 36.5. The van der Waals surface area contributed by atoms with Crippen molar-refractivity contribution < 1.29 is 29.1 Å². The molecule has 0 heterocycles. The summed E-state index contributed by atoms with van der Waals surface area (Å²) >= 11 is 0. The molecule has 4 N–H and O–H groups in total. The number of nitrogens with one attached hydrogen (secondary N) is 3. The van der Waals surface area contributed by atoms with E-state index in [1.807, 2.05) is 60.7 Å². The molecule has 3 aromatic rings. The zero-order valence-electron chi connectivity index (χ0n) is 19.0. The molecule has 0 saturated carbocycles. The van der Waals surface area contributed by atoms with Gasteiger partial charge in [0.1, 0.15) is 18.4 Å². The van der Waals surface area contributed by atoms with Crippen LogP contribution in [-0.2, 0) is 33.9 Å². The average Bonchev–Trinajstić information content (AvgIpc) is 2.90. The van der Waals surface area contributed by atoms with Gasteiger partial charge >= 0.3 is 6.09 Å². The second-order valence-corrected chi connectivity index (χ2v) is 7.63. The van der Waals surface area contributed by atoms with Crippen LogP contribution in [0.5, 0.6) is 5.75 Å². The molecule has 9 nitrogen and oxygen atoms in total. The summed E-state index contributed by atoms with van der Waals surface area (Å²) in [5.41, 5.74) is 4.01. The molecule has 0 aliphatic carbocycles. The zero-order valence-corrected chi connectivity index (χ0v) is 19.0. The highest BCUT2D eigenvalue weighted by molar-refractivity contribution is 5.86. The van der Waals surface area contributed by atoms with E-state index in [-0.39, 0.29) is 25.5 Å². The van der Waals surface area contributed by atoms with Crippen molar-refractivity contribution in [2.75, 3.05) is 6.61 Å². The number of hydroxylamine groups is 1. The lowest BCUT2D eigenvalue weighted by molar-refractivity contribution is -0.131. The molecule has 0 aliphatic heterocycles. The third-order valence-electron chi connectivity index (χ3n) is 4.99. The molecule has 182 valence electrons. The lowest BCUT2D eigenvalue weighted by Gasteiger charge is -2.19. The molecule has 1 atom stereocenters.